The molecule has 2 heterocycles. The quantitative estimate of drug-likeness (QED) is 0.907. The second kappa shape index (κ2) is 6.77. The molecular weight excluding hydrogens is 302 g/mol. The van der Waals surface area contributed by atoms with Crippen LogP contribution in [-0.4, -0.2) is 23.1 Å². The van der Waals surface area contributed by atoms with Crippen molar-refractivity contribution in [3.8, 4) is 11.3 Å². The van der Waals surface area contributed by atoms with Crippen LogP contribution >= 0.6 is 0 Å². The van der Waals surface area contributed by atoms with E-state index in [9.17, 15) is 4.79 Å². The molecule has 2 aliphatic rings. The van der Waals surface area contributed by atoms with Crippen molar-refractivity contribution in [2.24, 2.45) is 5.92 Å². The third-order valence-electron chi connectivity index (χ3n) is 5.09. The molecule has 1 aromatic heterocycles. The molecule has 1 aromatic carbocycles. The van der Waals surface area contributed by atoms with Crippen molar-refractivity contribution in [2.75, 3.05) is 0 Å². The molecule has 1 aliphatic carbocycles. The average Bonchev–Trinajstić information content (AvgIpc) is 3.10. The van der Waals surface area contributed by atoms with Crippen LogP contribution in [-0.2, 0) is 11.2 Å². The Bertz CT molecular complexity index is 698. The molecule has 1 aliphatic heterocycles. The zero-order chi connectivity index (χ0) is 16.4. The summed E-state index contributed by atoms with van der Waals surface area (Å²) in [5.41, 5.74) is 1.03. The molecule has 0 bridgehead atoms. The van der Waals surface area contributed by atoms with Gasteiger partial charge in [0, 0.05) is 18.0 Å². The molecule has 126 valence electrons. The molecular formula is C19H23N3O2. The molecule has 3 unspecified atom stereocenters. The number of oxazole rings is 1. The minimum Gasteiger partial charge on any atom is -0.441 e. The van der Waals surface area contributed by atoms with Crippen LogP contribution in [0.2, 0.25) is 0 Å². The van der Waals surface area contributed by atoms with Gasteiger partial charge in [-0.05, 0) is 19.3 Å². The first kappa shape index (κ1) is 15.4. The number of carbonyl (C=O) groups is 1. The second-order valence-electron chi connectivity index (χ2n) is 6.75. The van der Waals surface area contributed by atoms with Gasteiger partial charge in [0.1, 0.15) is 0 Å². The number of aryl methyl sites for hydroxylation is 1. The molecule has 0 spiro atoms. The van der Waals surface area contributed by atoms with Crippen molar-refractivity contribution >= 4 is 5.91 Å². The number of nitrogens with one attached hydrogen (secondary N) is 2. The Morgan fingerprint density at radius 2 is 2.00 bits per heavy atom. The Labute approximate surface area is 141 Å². The summed E-state index contributed by atoms with van der Waals surface area (Å²) in [4.78, 5) is 16.6. The molecule has 5 heteroatoms. The Morgan fingerprint density at radius 1 is 1.17 bits per heavy atom. The fourth-order valence-electron chi connectivity index (χ4n) is 3.81. The number of amides is 1. The van der Waals surface area contributed by atoms with Crippen LogP contribution in [0.25, 0.3) is 11.3 Å². The second-order valence-corrected chi connectivity index (χ2v) is 6.75. The van der Waals surface area contributed by atoms with Crippen LogP contribution in [0.4, 0.5) is 0 Å². The number of carbonyl (C=O) groups excluding carboxylic acids is 1. The van der Waals surface area contributed by atoms with Crippen molar-refractivity contribution in [3.63, 3.8) is 0 Å². The van der Waals surface area contributed by atoms with Gasteiger partial charge in [0.05, 0.1) is 18.3 Å². The summed E-state index contributed by atoms with van der Waals surface area (Å²) in [7, 11) is 0. The van der Waals surface area contributed by atoms with Crippen LogP contribution in [0.15, 0.2) is 40.9 Å². The van der Waals surface area contributed by atoms with Gasteiger partial charge in [0.25, 0.3) is 0 Å². The summed E-state index contributed by atoms with van der Waals surface area (Å²) >= 11 is 0. The predicted molar refractivity (Wildman–Crippen MR) is 91.1 cm³/mol. The fraction of sp³-hybridized carbons (Fsp3) is 0.474. The van der Waals surface area contributed by atoms with Gasteiger partial charge in [0.15, 0.2) is 11.7 Å². The third kappa shape index (κ3) is 3.22. The molecule has 5 nitrogen and oxygen atoms in total. The Kier molecular flexibility index (Phi) is 4.34. The first-order chi connectivity index (χ1) is 11.8. The third-order valence-corrected chi connectivity index (χ3v) is 5.09. The molecule has 1 saturated heterocycles. The number of nitrogens with zero attached hydrogens (tertiary/aromatic N) is 1. The van der Waals surface area contributed by atoms with Gasteiger partial charge in [-0.3, -0.25) is 10.1 Å². The molecule has 2 N–H and O–H groups in total. The molecule has 24 heavy (non-hydrogen) atoms. The Balaban J connectivity index is 1.35. The fourth-order valence-corrected chi connectivity index (χ4v) is 3.81. The van der Waals surface area contributed by atoms with E-state index in [4.69, 9.17) is 4.42 Å². The highest BCUT2D eigenvalue weighted by Gasteiger charge is 2.37. The monoisotopic (exact) mass is 325 g/mol. The lowest BCUT2D eigenvalue weighted by molar-refractivity contribution is -0.130. The van der Waals surface area contributed by atoms with Crippen LogP contribution in [0.1, 0.15) is 38.0 Å². The van der Waals surface area contributed by atoms with E-state index in [1.165, 1.54) is 12.8 Å². The summed E-state index contributed by atoms with van der Waals surface area (Å²) in [5, 5.41) is 6.70. The van der Waals surface area contributed by atoms with E-state index in [2.05, 4.69) is 15.6 Å². The summed E-state index contributed by atoms with van der Waals surface area (Å²) in [6.45, 7) is 0. The van der Waals surface area contributed by atoms with Crippen molar-refractivity contribution in [2.45, 2.75) is 50.7 Å². The van der Waals surface area contributed by atoms with E-state index in [0.29, 0.717) is 12.5 Å². The van der Waals surface area contributed by atoms with Crippen molar-refractivity contribution < 1.29 is 9.21 Å². The number of hydrogen-bond acceptors (Lipinski definition) is 4. The average molecular weight is 325 g/mol. The van der Waals surface area contributed by atoms with E-state index in [-0.39, 0.29) is 18.0 Å². The van der Waals surface area contributed by atoms with Crippen molar-refractivity contribution in [1.29, 1.82) is 0 Å². The van der Waals surface area contributed by atoms with Gasteiger partial charge in [-0.25, -0.2) is 4.98 Å². The summed E-state index contributed by atoms with van der Waals surface area (Å²) in [5.74, 6) is 1.87. The summed E-state index contributed by atoms with van der Waals surface area (Å²) in [6.07, 6.45) is 7.79. The van der Waals surface area contributed by atoms with Gasteiger partial charge >= 0.3 is 0 Å². The minimum atomic E-state index is 0.0175. The standard InChI is InChI=1S/C19H23N3O2/c23-19-14-8-4-5-9-15(14)21-17(22-19)10-11-18-20-12-16(24-18)13-6-2-1-3-7-13/h1-3,6-7,12,14-15,17,21H,4-5,8-11H2,(H,22,23). The maximum Gasteiger partial charge on any atom is 0.225 e. The lowest BCUT2D eigenvalue weighted by atomic mass is 9.82. The highest BCUT2D eigenvalue weighted by molar-refractivity contribution is 5.80. The van der Waals surface area contributed by atoms with Gasteiger partial charge in [-0.15, -0.1) is 0 Å². The number of benzene rings is 1. The van der Waals surface area contributed by atoms with Crippen LogP contribution in [0.5, 0.6) is 0 Å². The number of rotatable bonds is 4. The molecule has 1 amide bonds. The molecule has 2 aromatic rings. The number of hydrogen-bond donors (Lipinski definition) is 2. The number of fused-ring (bicyclic) bond motifs is 1. The van der Waals surface area contributed by atoms with E-state index in [0.717, 1.165) is 36.5 Å². The van der Waals surface area contributed by atoms with Gasteiger partial charge < -0.3 is 9.73 Å². The van der Waals surface area contributed by atoms with Crippen molar-refractivity contribution in [1.82, 2.24) is 15.6 Å². The Morgan fingerprint density at radius 3 is 2.88 bits per heavy atom. The predicted octanol–water partition coefficient (Wildman–Crippen LogP) is 2.88. The maximum atomic E-state index is 12.2. The number of aromatic nitrogens is 1. The van der Waals surface area contributed by atoms with Gasteiger partial charge in [-0.1, -0.05) is 43.2 Å². The normalized spacial score (nSPS) is 26.7. The zero-order valence-electron chi connectivity index (χ0n) is 13.7. The molecule has 0 radical (unpaired) electrons. The highest BCUT2D eigenvalue weighted by Crippen LogP contribution is 2.28. The van der Waals surface area contributed by atoms with E-state index in [1.54, 1.807) is 6.20 Å². The van der Waals surface area contributed by atoms with Crippen LogP contribution in [0.3, 0.4) is 0 Å². The SMILES string of the molecule is O=C1NC(CCc2ncc(-c3ccccc3)o2)NC2CCCCC12. The van der Waals surface area contributed by atoms with Crippen LogP contribution in [0, 0.1) is 5.92 Å². The summed E-state index contributed by atoms with van der Waals surface area (Å²) < 4.78 is 5.84. The molecule has 3 atom stereocenters. The van der Waals surface area contributed by atoms with E-state index < -0.39 is 0 Å². The molecule has 4 rings (SSSR count). The Hall–Kier alpha value is -2.14. The maximum absolute atomic E-state index is 12.2. The lowest BCUT2D eigenvalue weighted by Crippen LogP contribution is -2.62. The molecule has 2 fully saturated rings. The highest BCUT2D eigenvalue weighted by atomic mass is 16.4. The minimum absolute atomic E-state index is 0.0175. The smallest absolute Gasteiger partial charge is 0.225 e. The van der Waals surface area contributed by atoms with Gasteiger partial charge in [-0.2, -0.15) is 0 Å². The topological polar surface area (TPSA) is 67.2 Å². The molecule has 1 saturated carbocycles. The zero-order valence-corrected chi connectivity index (χ0v) is 13.7. The van der Waals surface area contributed by atoms with E-state index >= 15 is 0 Å². The van der Waals surface area contributed by atoms with Gasteiger partial charge in [0.2, 0.25) is 5.91 Å². The largest absolute Gasteiger partial charge is 0.441 e. The first-order valence-electron chi connectivity index (χ1n) is 8.86. The van der Waals surface area contributed by atoms with E-state index in [1.807, 2.05) is 30.3 Å². The van der Waals surface area contributed by atoms with Crippen molar-refractivity contribution in [3.05, 3.63) is 42.4 Å². The first-order valence-corrected chi connectivity index (χ1v) is 8.86. The summed E-state index contributed by atoms with van der Waals surface area (Å²) in [6, 6.07) is 10.3. The lowest BCUT2D eigenvalue weighted by Gasteiger charge is -2.40. The van der Waals surface area contributed by atoms with Crippen LogP contribution < -0.4 is 10.6 Å².